The van der Waals surface area contributed by atoms with Gasteiger partial charge in [-0.15, -0.1) is 0 Å². The summed E-state index contributed by atoms with van der Waals surface area (Å²) < 4.78 is 5.28. The zero-order valence-corrected chi connectivity index (χ0v) is 23.2. The highest BCUT2D eigenvalue weighted by atomic mass is 16.5. The van der Waals surface area contributed by atoms with Crippen LogP contribution < -0.4 is 0 Å². The fourth-order valence-corrected chi connectivity index (χ4v) is 11.4. The molecule has 0 radical (unpaired) electrons. The maximum Gasteiger partial charge on any atom is 0.314 e. The second-order valence-electron chi connectivity index (χ2n) is 14.3. The third kappa shape index (κ3) is 3.07. The molecule has 4 nitrogen and oxygen atoms in total. The molecule has 1 N–H and O–H groups in total. The van der Waals surface area contributed by atoms with Gasteiger partial charge in [0, 0.05) is 6.42 Å². The molecular formula is C31H48O4. The minimum absolute atomic E-state index is 0.200. The summed E-state index contributed by atoms with van der Waals surface area (Å²) in [5.74, 6) is 2.00. The molecule has 0 aliphatic heterocycles. The van der Waals surface area contributed by atoms with Crippen LogP contribution in [-0.4, -0.2) is 30.1 Å². The highest BCUT2D eigenvalue weighted by Gasteiger charge is 2.83. The largest absolute Gasteiger partial charge is 0.469 e. The van der Waals surface area contributed by atoms with E-state index >= 15 is 0 Å². The van der Waals surface area contributed by atoms with Crippen molar-refractivity contribution in [2.45, 2.75) is 112 Å². The molecule has 0 aromatic carbocycles. The van der Waals surface area contributed by atoms with Gasteiger partial charge >= 0.3 is 5.97 Å². The molecule has 4 heteroatoms. The van der Waals surface area contributed by atoms with Crippen LogP contribution in [0.1, 0.15) is 106 Å². The van der Waals surface area contributed by atoms with Gasteiger partial charge in [0.2, 0.25) is 0 Å². The van der Waals surface area contributed by atoms with Gasteiger partial charge in [0.15, 0.2) is 5.78 Å². The summed E-state index contributed by atoms with van der Waals surface area (Å²) in [6, 6.07) is 0. The molecule has 0 amide bonds. The van der Waals surface area contributed by atoms with Crippen LogP contribution in [-0.2, 0) is 14.3 Å². The molecule has 5 aliphatic carbocycles. The average Bonchev–Trinajstić information content (AvgIpc) is 3.37. The molecule has 0 aromatic heterocycles. The second-order valence-corrected chi connectivity index (χ2v) is 14.3. The predicted molar refractivity (Wildman–Crippen MR) is 137 cm³/mol. The lowest BCUT2D eigenvalue weighted by molar-refractivity contribution is -0.191. The third-order valence-corrected chi connectivity index (χ3v) is 13.1. The SMILES string of the molecule is COC(=O)C1(C)C(O)CCC23CC24CCC2(C)C(C(C)CC(=O)C=C(C)C)CCC2(C)C4CCC13. The van der Waals surface area contributed by atoms with Crippen molar-refractivity contribution in [1.82, 2.24) is 0 Å². The van der Waals surface area contributed by atoms with Crippen molar-refractivity contribution in [2.24, 2.45) is 50.7 Å². The smallest absolute Gasteiger partial charge is 0.314 e. The summed E-state index contributed by atoms with van der Waals surface area (Å²) in [4.78, 5) is 25.7. The first kappa shape index (κ1) is 25.5. The lowest BCUT2D eigenvalue weighted by atomic mass is 9.41. The number of aliphatic hydroxyl groups is 1. The summed E-state index contributed by atoms with van der Waals surface area (Å²) in [6.07, 6.45) is 12.1. The van der Waals surface area contributed by atoms with Crippen LogP contribution in [0.4, 0.5) is 0 Å². The number of carbonyl (C=O) groups excluding carboxylic acids is 2. The number of fused-ring (bicyclic) bond motifs is 2. The Labute approximate surface area is 212 Å². The predicted octanol–water partition coefficient (Wildman–Crippen LogP) is 6.50. The molecule has 5 saturated carbocycles. The van der Waals surface area contributed by atoms with Gasteiger partial charge in [0.25, 0.3) is 0 Å². The number of hydrogen-bond donors (Lipinski definition) is 1. The van der Waals surface area contributed by atoms with Crippen molar-refractivity contribution < 1.29 is 19.4 Å². The van der Waals surface area contributed by atoms with Crippen molar-refractivity contribution in [3.8, 4) is 0 Å². The lowest BCUT2D eigenvalue weighted by Gasteiger charge is -2.63. The molecular weight excluding hydrogens is 436 g/mol. The van der Waals surface area contributed by atoms with Crippen molar-refractivity contribution in [3.05, 3.63) is 11.6 Å². The number of ketones is 1. The van der Waals surface area contributed by atoms with Crippen LogP contribution >= 0.6 is 0 Å². The number of aliphatic hydroxyl groups excluding tert-OH is 1. The van der Waals surface area contributed by atoms with E-state index in [1.54, 1.807) is 0 Å². The number of esters is 1. The Hall–Kier alpha value is -1.16. The molecule has 2 spiro atoms. The van der Waals surface area contributed by atoms with E-state index in [1.165, 1.54) is 39.2 Å². The van der Waals surface area contributed by atoms with E-state index in [1.807, 2.05) is 26.8 Å². The maximum atomic E-state index is 13.0. The van der Waals surface area contributed by atoms with E-state index in [2.05, 4.69) is 20.8 Å². The summed E-state index contributed by atoms with van der Waals surface area (Å²) in [6.45, 7) is 13.5. The molecule has 5 aliphatic rings. The summed E-state index contributed by atoms with van der Waals surface area (Å²) >= 11 is 0. The molecule has 35 heavy (non-hydrogen) atoms. The normalized spacial score (nSPS) is 50.6. The van der Waals surface area contributed by atoms with Gasteiger partial charge in [-0.05, 0) is 130 Å². The first-order chi connectivity index (χ1) is 16.3. The Morgan fingerprint density at radius 1 is 0.943 bits per heavy atom. The lowest BCUT2D eigenvalue weighted by Crippen LogP contribution is -2.60. The van der Waals surface area contributed by atoms with Gasteiger partial charge in [-0.1, -0.05) is 26.3 Å². The number of allylic oxidation sites excluding steroid dienone is 2. The number of methoxy groups -OCH3 is 1. The zero-order chi connectivity index (χ0) is 25.6. The topological polar surface area (TPSA) is 63.6 Å². The fourth-order valence-electron chi connectivity index (χ4n) is 11.4. The molecule has 0 saturated heterocycles. The van der Waals surface area contributed by atoms with Gasteiger partial charge < -0.3 is 9.84 Å². The summed E-state index contributed by atoms with van der Waals surface area (Å²) in [5.41, 5.74) is 1.40. The highest BCUT2D eigenvalue weighted by Crippen LogP contribution is 2.89. The Morgan fingerprint density at radius 3 is 2.26 bits per heavy atom. The molecule has 0 heterocycles. The first-order valence-electron chi connectivity index (χ1n) is 14.3. The van der Waals surface area contributed by atoms with Crippen LogP contribution in [0.5, 0.6) is 0 Å². The molecule has 10 atom stereocenters. The van der Waals surface area contributed by atoms with E-state index in [4.69, 9.17) is 4.74 Å². The average molecular weight is 485 g/mol. The Balaban J connectivity index is 1.43. The molecule has 0 bridgehead atoms. The quantitative estimate of drug-likeness (QED) is 0.357. The molecule has 5 rings (SSSR count). The van der Waals surface area contributed by atoms with E-state index < -0.39 is 11.5 Å². The van der Waals surface area contributed by atoms with E-state index in [0.29, 0.717) is 29.6 Å². The van der Waals surface area contributed by atoms with Gasteiger partial charge in [0.05, 0.1) is 18.6 Å². The minimum Gasteiger partial charge on any atom is -0.469 e. The van der Waals surface area contributed by atoms with Crippen LogP contribution in [0.2, 0.25) is 0 Å². The van der Waals surface area contributed by atoms with Gasteiger partial charge in [-0.25, -0.2) is 0 Å². The minimum atomic E-state index is -0.777. The summed E-state index contributed by atoms with van der Waals surface area (Å²) in [5, 5.41) is 11.0. The maximum absolute atomic E-state index is 13.0. The number of carbonyl (C=O) groups is 2. The Morgan fingerprint density at radius 2 is 1.60 bits per heavy atom. The van der Waals surface area contributed by atoms with Crippen LogP contribution in [0, 0.1) is 50.7 Å². The monoisotopic (exact) mass is 484 g/mol. The van der Waals surface area contributed by atoms with Crippen molar-refractivity contribution in [1.29, 1.82) is 0 Å². The van der Waals surface area contributed by atoms with Crippen LogP contribution in [0.3, 0.4) is 0 Å². The first-order valence-corrected chi connectivity index (χ1v) is 14.3. The van der Waals surface area contributed by atoms with Gasteiger partial charge in [0.1, 0.15) is 0 Å². The molecule has 5 fully saturated rings. The van der Waals surface area contributed by atoms with Crippen molar-refractivity contribution in [2.75, 3.05) is 7.11 Å². The third-order valence-electron chi connectivity index (χ3n) is 13.1. The van der Waals surface area contributed by atoms with Crippen molar-refractivity contribution in [3.63, 3.8) is 0 Å². The number of hydrogen-bond acceptors (Lipinski definition) is 4. The van der Waals surface area contributed by atoms with Crippen LogP contribution in [0.25, 0.3) is 0 Å². The van der Waals surface area contributed by atoms with E-state index in [-0.39, 0.29) is 33.9 Å². The zero-order valence-electron chi connectivity index (χ0n) is 23.2. The molecule has 196 valence electrons. The Bertz CT molecular complexity index is 950. The standard InChI is InChI=1S/C31H48O4/c1-19(2)16-21(32)17-20(3)22-10-12-28(5)23-8-9-24-29(6,26(34)35-7)25(33)11-13-30(24)18-31(23,30)15-14-27(22,28)4/h16,20,22-25,33H,8-15,17-18H2,1-7H3. The Kier molecular flexibility index (Phi) is 5.77. The highest BCUT2D eigenvalue weighted by molar-refractivity contribution is 5.90. The van der Waals surface area contributed by atoms with E-state index in [9.17, 15) is 14.7 Å². The van der Waals surface area contributed by atoms with Gasteiger partial charge in [-0.2, -0.15) is 0 Å². The second kappa shape index (κ2) is 7.92. The van der Waals surface area contributed by atoms with Crippen molar-refractivity contribution >= 4 is 11.8 Å². The fraction of sp³-hybridized carbons (Fsp3) is 0.871. The van der Waals surface area contributed by atoms with E-state index in [0.717, 1.165) is 31.3 Å². The van der Waals surface area contributed by atoms with Gasteiger partial charge in [-0.3, -0.25) is 9.59 Å². The number of rotatable bonds is 5. The molecule has 10 unspecified atom stereocenters. The van der Waals surface area contributed by atoms with Crippen LogP contribution in [0.15, 0.2) is 11.6 Å². The molecule has 0 aromatic rings. The number of ether oxygens (including phenoxy) is 1. The summed E-state index contributed by atoms with van der Waals surface area (Å²) in [7, 11) is 1.48.